The Morgan fingerprint density at radius 2 is 1.93 bits per heavy atom. The first kappa shape index (κ1) is 18.7. The molecule has 0 saturated carbocycles. The van der Waals surface area contributed by atoms with Crippen molar-refractivity contribution in [2.75, 3.05) is 5.32 Å². The summed E-state index contributed by atoms with van der Waals surface area (Å²) < 4.78 is 14.5. The number of amides is 1. The van der Waals surface area contributed by atoms with Crippen molar-refractivity contribution in [1.29, 1.82) is 0 Å². The normalized spacial score (nSPS) is 11.8. The molecular formula is C18H16FN5O2S. The molecule has 0 spiro atoms. The number of benzene rings is 2. The van der Waals surface area contributed by atoms with Crippen molar-refractivity contribution in [3.05, 3.63) is 59.9 Å². The number of Topliss-reactive ketones (excluding diaryl/α,β-unsaturated/α-hetero) is 1. The van der Waals surface area contributed by atoms with E-state index in [2.05, 4.69) is 20.8 Å². The first-order chi connectivity index (χ1) is 12.9. The topological polar surface area (TPSA) is 89.8 Å². The molecule has 3 rings (SSSR count). The molecule has 3 aromatic rings. The second-order valence-corrected chi connectivity index (χ2v) is 7.04. The van der Waals surface area contributed by atoms with Gasteiger partial charge in [0.1, 0.15) is 5.82 Å². The molecule has 0 saturated heterocycles. The number of nitrogens with zero attached hydrogens (tertiary/aromatic N) is 4. The summed E-state index contributed by atoms with van der Waals surface area (Å²) in [6.07, 6.45) is 0. The van der Waals surface area contributed by atoms with Crippen LogP contribution in [0.4, 0.5) is 10.1 Å². The van der Waals surface area contributed by atoms with Gasteiger partial charge in [0.05, 0.1) is 10.9 Å². The Kier molecular flexibility index (Phi) is 5.60. The Morgan fingerprint density at radius 3 is 2.63 bits per heavy atom. The molecule has 138 valence electrons. The number of rotatable bonds is 6. The number of anilines is 1. The monoisotopic (exact) mass is 385 g/mol. The van der Waals surface area contributed by atoms with Gasteiger partial charge < -0.3 is 5.32 Å². The van der Waals surface area contributed by atoms with Crippen LogP contribution in [0.1, 0.15) is 24.2 Å². The van der Waals surface area contributed by atoms with Crippen LogP contribution in [0.2, 0.25) is 0 Å². The third kappa shape index (κ3) is 4.56. The maximum absolute atomic E-state index is 13.0. The number of halogens is 1. The minimum absolute atomic E-state index is 0.151. The molecule has 9 heteroatoms. The lowest BCUT2D eigenvalue weighted by Crippen LogP contribution is -2.14. The number of carbonyl (C=O) groups excluding carboxylic acids is 2. The van der Waals surface area contributed by atoms with E-state index in [1.165, 1.54) is 47.6 Å². The average Bonchev–Trinajstić information content (AvgIpc) is 3.09. The van der Waals surface area contributed by atoms with E-state index in [4.69, 9.17) is 0 Å². The molecule has 0 bridgehead atoms. The zero-order valence-electron chi connectivity index (χ0n) is 14.6. The molecule has 0 radical (unpaired) electrons. The number of hydrogen-bond donors (Lipinski definition) is 1. The van der Waals surface area contributed by atoms with Crippen molar-refractivity contribution < 1.29 is 14.0 Å². The number of aromatic nitrogens is 4. The fourth-order valence-corrected chi connectivity index (χ4v) is 3.28. The summed E-state index contributed by atoms with van der Waals surface area (Å²) in [5.41, 5.74) is 1.68. The molecule has 0 aliphatic carbocycles. The van der Waals surface area contributed by atoms with E-state index in [1.807, 2.05) is 0 Å². The third-order valence-electron chi connectivity index (χ3n) is 3.63. The molecule has 0 aliphatic heterocycles. The molecule has 0 fully saturated rings. The molecule has 0 aliphatic rings. The lowest BCUT2D eigenvalue weighted by molar-refractivity contribution is -0.114. The fourth-order valence-electron chi connectivity index (χ4n) is 2.39. The number of hydrogen-bond acceptors (Lipinski definition) is 6. The van der Waals surface area contributed by atoms with Crippen molar-refractivity contribution in [3.8, 4) is 5.69 Å². The van der Waals surface area contributed by atoms with Crippen LogP contribution in [0.25, 0.3) is 5.69 Å². The van der Waals surface area contributed by atoms with Crippen molar-refractivity contribution >= 4 is 29.1 Å². The van der Waals surface area contributed by atoms with E-state index < -0.39 is 11.1 Å². The van der Waals surface area contributed by atoms with Crippen LogP contribution in [-0.2, 0) is 4.79 Å². The fraction of sp³-hybridized carbons (Fsp3) is 0.167. The molecular weight excluding hydrogens is 369 g/mol. The van der Waals surface area contributed by atoms with Crippen LogP contribution in [0.3, 0.4) is 0 Å². The van der Waals surface area contributed by atoms with E-state index in [-0.39, 0.29) is 11.7 Å². The standard InChI is InChI=1S/C18H16FN5O2S/c1-11(17(26)13-6-8-14(19)9-7-13)27-18-21-22-23-24(18)16-5-3-4-15(10-16)20-12(2)25/h3-11H,1-2H3,(H,20,25). The second-order valence-electron chi connectivity index (χ2n) is 5.74. The minimum atomic E-state index is -0.473. The Hall–Kier alpha value is -3.07. The van der Waals surface area contributed by atoms with E-state index >= 15 is 0 Å². The minimum Gasteiger partial charge on any atom is -0.326 e. The zero-order chi connectivity index (χ0) is 19.4. The van der Waals surface area contributed by atoms with Gasteiger partial charge >= 0.3 is 0 Å². The molecule has 1 unspecified atom stereocenters. The summed E-state index contributed by atoms with van der Waals surface area (Å²) in [4.78, 5) is 23.8. The second kappa shape index (κ2) is 8.09. The van der Waals surface area contributed by atoms with E-state index in [9.17, 15) is 14.0 Å². The highest BCUT2D eigenvalue weighted by atomic mass is 32.2. The number of thioether (sulfide) groups is 1. The Bertz CT molecular complexity index is 974. The summed E-state index contributed by atoms with van der Waals surface area (Å²) in [7, 11) is 0. The van der Waals surface area contributed by atoms with Crippen molar-refractivity contribution in [2.24, 2.45) is 0 Å². The van der Waals surface area contributed by atoms with Gasteiger partial charge in [-0.05, 0) is 59.8 Å². The van der Waals surface area contributed by atoms with Gasteiger partial charge in [0.25, 0.3) is 0 Å². The summed E-state index contributed by atoms with van der Waals surface area (Å²) in [5.74, 6) is -0.728. The molecule has 1 atom stereocenters. The summed E-state index contributed by atoms with van der Waals surface area (Å²) in [6.45, 7) is 3.16. The molecule has 7 nitrogen and oxygen atoms in total. The number of nitrogens with one attached hydrogen (secondary N) is 1. The van der Waals surface area contributed by atoms with E-state index in [0.29, 0.717) is 22.1 Å². The van der Waals surface area contributed by atoms with Crippen molar-refractivity contribution in [1.82, 2.24) is 20.2 Å². The van der Waals surface area contributed by atoms with Crippen LogP contribution in [0.5, 0.6) is 0 Å². The predicted octanol–water partition coefficient (Wildman–Crippen LogP) is 3.12. The van der Waals surface area contributed by atoms with Gasteiger partial charge in [0, 0.05) is 18.2 Å². The Labute approximate surface area is 159 Å². The first-order valence-corrected chi connectivity index (χ1v) is 8.95. The van der Waals surface area contributed by atoms with Gasteiger partial charge in [0.2, 0.25) is 11.1 Å². The van der Waals surface area contributed by atoms with Gasteiger partial charge in [-0.3, -0.25) is 9.59 Å². The molecule has 2 aromatic carbocycles. The number of carbonyl (C=O) groups is 2. The highest BCUT2D eigenvalue weighted by Gasteiger charge is 2.20. The molecule has 1 amide bonds. The summed E-state index contributed by atoms with van der Waals surface area (Å²) in [5, 5.41) is 14.3. The van der Waals surface area contributed by atoms with Gasteiger partial charge in [0.15, 0.2) is 5.78 Å². The highest BCUT2D eigenvalue weighted by molar-refractivity contribution is 8.00. The molecule has 27 heavy (non-hydrogen) atoms. The van der Waals surface area contributed by atoms with Crippen LogP contribution in [0.15, 0.2) is 53.7 Å². The number of ketones is 1. The maximum atomic E-state index is 13.0. The van der Waals surface area contributed by atoms with Gasteiger partial charge in [-0.15, -0.1) is 5.10 Å². The lowest BCUT2D eigenvalue weighted by atomic mass is 10.1. The molecule has 1 aromatic heterocycles. The van der Waals surface area contributed by atoms with Crippen molar-refractivity contribution in [3.63, 3.8) is 0 Å². The lowest BCUT2D eigenvalue weighted by Gasteiger charge is -2.11. The highest BCUT2D eigenvalue weighted by Crippen LogP contribution is 2.26. The summed E-state index contributed by atoms with van der Waals surface area (Å²) >= 11 is 1.19. The van der Waals surface area contributed by atoms with Crippen LogP contribution < -0.4 is 5.32 Å². The smallest absolute Gasteiger partial charge is 0.221 e. The largest absolute Gasteiger partial charge is 0.326 e. The molecule has 1 N–H and O–H groups in total. The van der Waals surface area contributed by atoms with Crippen LogP contribution >= 0.6 is 11.8 Å². The van der Waals surface area contributed by atoms with Gasteiger partial charge in [-0.2, -0.15) is 4.68 Å². The Balaban J connectivity index is 1.80. The van der Waals surface area contributed by atoms with Crippen LogP contribution in [-0.4, -0.2) is 37.1 Å². The number of tetrazole rings is 1. The average molecular weight is 385 g/mol. The predicted molar refractivity (Wildman–Crippen MR) is 99.5 cm³/mol. The maximum Gasteiger partial charge on any atom is 0.221 e. The quantitative estimate of drug-likeness (QED) is 0.518. The van der Waals surface area contributed by atoms with Crippen LogP contribution in [0, 0.1) is 5.82 Å². The zero-order valence-corrected chi connectivity index (χ0v) is 15.4. The van der Waals surface area contributed by atoms with Gasteiger partial charge in [-0.25, -0.2) is 4.39 Å². The van der Waals surface area contributed by atoms with Crippen molar-refractivity contribution in [2.45, 2.75) is 24.3 Å². The summed E-state index contributed by atoms with van der Waals surface area (Å²) in [6, 6.07) is 12.5. The third-order valence-corrected chi connectivity index (χ3v) is 4.67. The van der Waals surface area contributed by atoms with E-state index in [1.54, 1.807) is 31.2 Å². The first-order valence-electron chi connectivity index (χ1n) is 8.07. The SMILES string of the molecule is CC(=O)Nc1cccc(-n2nnnc2SC(C)C(=O)c2ccc(F)cc2)c1. The van der Waals surface area contributed by atoms with Gasteiger partial charge in [-0.1, -0.05) is 17.8 Å². The van der Waals surface area contributed by atoms with E-state index in [0.717, 1.165) is 0 Å². The Morgan fingerprint density at radius 1 is 1.19 bits per heavy atom. The molecule has 1 heterocycles.